The van der Waals surface area contributed by atoms with E-state index in [1.807, 2.05) is 37.6 Å². The van der Waals surface area contributed by atoms with E-state index in [4.69, 9.17) is 0 Å². The van der Waals surface area contributed by atoms with Gasteiger partial charge in [0.2, 0.25) is 0 Å². The lowest BCUT2D eigenvalue weighted by Crippen LogP contribution is -2.31. The first kappa shape index (κ1) is 16.2. The molecule has 0 spiro atoms. The lowest BCUT2D eigenvalue weighted by Gasteiger charge is -2.16. The number of aliphatic hydroxyl groups excluding tert-OH is 1. The molecule has 2 atom stereocenters. The quantitative estimate of drug-likeness (QED) is 0.842. The maximum absolute atomic E-state index is 12.2. The summed E-state index contributed by atoms with van der Waals surface area (Å²) in [5, 5.41) is 12.2. The Balaban J connectivity index is 2.63. The Morgan fingerprint density at radius 1 is 1.42 bits per heavy atom. The Morgan fingerprint density at radius 3 is 2.58 bits per heavy atom. The van der Waals surface area contributed by atoms with Crippen molar-refractivity contribution in [2.24, 2.45) is 5.92 Å². The second-order valence-corrected chi connectivity index (χ2v) is 6.36. The first-order chi connectivity index (χ1) is 8.81. The van der Waals surface area contributed by atoms with Crippen LogP contribution in [0.5, 0.6) is 0 Å². The summed E-state index contributed by atoms with van der Waals surface area (Å²) in [5.74, 6) is 0.187. The number of carbonyl (C=O) groups is 1. The molecule has 0 saturated carbocycles. The number of hydrogen-bond acceptors (Lipinski definition) is 2. The van der Waals surface area contributed by atoms with Gasteiger partial charge in [0.15, 0.2) is 0 Å². The Morgan fingerprint density at radius 2 is 2.05 bits per heavy atom. The van der Waals surface area contributed by atoms with Crippen LogP contribution in [0.1, 0.15) is 50.6 Å². The zero-order valence-electron chi connectivity index (χ0n) is 12.0. The zero-order valence-corrected chi connectivity index (χ0v) is 13.6. The number of hydrogen-bond donors (Lipinski definition) is 2. The molecule has 1 amide bonds. The van der Waals surface area contributed by atoms with Crippen LogP contribution in [0.15, 0.2) is 16.7 Å². The van der Waals surface area contributed by atoms with Crippen molar-refractivity contribution in [3.05, 3.63) is 22.4 Å². The van der Waals surface area contributed by atoms with E-state index in [0.29, 0.717) is 18.7 Å². The first-order valence-corrected chi connectivity index (χ1v) is 7.44. The minimum atomic E-state index is -0.333. The summed E-state index contributed by atoms with van der Waals surface area (Å²) in [4.78, 5) is 12.2. The Bertz CT molecular complexity index is 427. The zero-order chi connectivity index (χ0) is 14.6. The van der Waals surface area contributed by atoms with Gasteiger partial charge < -0.3 is 15.0 Å². The van der Waals surface area contributed by atoms with E-state index < -0.39 is 0 Å². The van der Waals surface area contributed by atoms with E-state index in [9.17, 15) is 9.90 Å². The Hall–Kier alpha value is -0.810. The van der Waals surface area contributed by atoms with E-state index >= 15 is 0 Å². The van der Waals surface area contributed by atoms with E-state index in [2.05, 4.69) is 21.2 Å². The summed E-state index contributed by atoms with van der Waals surface area (Å²) in [6.07, 6.45) is 2.27. The lowest BCUT2D eigenvalue weighted by atomic mass is 10.0. The molecule has 2 N–H and O–H groups in total. The highest BCUT2D eigenvalue weighted by molar-refractivity contribution is 9.10. The first-order valence-electron chi connectivity index (χ1n) is 6.65. The number of amides is 1. The molecule has 0 aliphatic carbocycles. The maximum Gasteiger partial charge on any atom is 0.267 e. The summed E-state index contributed by atoms with van der Waals surface area (Å²) in [6, 6.07) is 2.07. The van der Waals surface area contributed by atoms with Gasteiger partial charge in [0.05, 0.1) is 6.10 Å². The van der Waals surface area contributed by atoms with Crippen LogP contribution in [0.25, 0.3) is 0 Å². The van der Waals surface area contributed by atoms with Gasteiger partial charge in [-0.25, -0.2) is 0 Å². The fourth-order valence-corrected chi connectivity index (χ4v) is 2.52. The molecule has 0 bridgehead atoms. The normalized spacial score (nSPS) is 14.5. The fraction of sp³-hybridized carbons (Fsp3) is 0.643. The van der Waals surface area contributed by atoms with E-state index in [1.165, 1.54) is 0 Å². The summed E-state index contributed by atoms with van der Waals surface area (Å²) in [6.45, 7) is 8.44. The van der Waals surface area contributed by atoms with Crippen LogP contribution < -0.4 is 5.32 Å². The number of aromatic nitrogens is 1. The monoisotopic (exact) mass is 330 g/mol. The molecule has 2 unspecified atom stereocenters. The summed E-state index contributed by atoms with van der Waals surface area (Å²) < 4.78 is 2.85. The van der Waals surface area contributed by atoms with E-state index in [1.54, 1.807) is 6.92 Å². The smallest absolute Gasteiger partial charge is 0.267 e. The van der Waals surface area contributed by atoms with Crippen molar-refractivity contribution >= 4 is 21.8 Å². The number of rotatable bonds is 6. The van der Waals surface area contributed by atoms with Crippen LogP contribution >= 0.6 is 15.9 Å². The number of carbonyl (C=O) groups excluding carboxylic acids is 1. The van der Waals surface area contributed by atoms with Crippen molar-refractivity contribution in [2.45, 2.75) is 46.3 Å². The Kier molecular flexibility index (Phi) is 6.07. The molecule has 1 aromatic rings. The third-order valence-corrected chi connectivity index (χ3v) is 3.39. The lowest BCUT2D eigenvalue weighted by molar-refractivity contribution is 0.0928. The topological polar surface area (TPSA) is 54.3 Å². The molecule has 0 radical (unpaired) electrons. The standard InChI is InChI=1S/C14H23BrN2O2/c1-9(2)17-8-12(15)6-13(17)14(19)16-7-10(3)5-11(4)18/h6,8-11,18H,5,7H2,1-4H3,(H,16,19). The Labute approximate surface area is 123 Å². The van der Waals surface area contributed by atoms with Crippen LogP contribution in [0.2, 0.25) is 0 Å². The van der Waals surface area contributed by atoms with Crippen molar-refractivity contribution < 1.29 is 9.90 Å². The molecule has 0 aromatic carbocycles. The largest absolute Gasteiger partial charge is 0.393 e. The molecule has 0 aliphatic heterocycles. The molecule has 5 heteroatoms. The number of aliphatic hydroxyl groups is 1. The van der Waals surface area contributed by atoms with Crippen molar-refractivity contribution in [2.75, 3.05) is 6.54 Å². The molecule has 4 nitrogen and oxygen atoms in total. The highest BCUT2D eigenvalue weighted by Crippen LogP contribution is 2.19. The second-order valence-electron chi connectivity index (χ2n) is 5.44. The molecule has 0 saturated heterocycles. The van der Waals surface area contributed by atoms with Crippen LogP contribution in [-0.2, 0) is 0 Å². The predicted molar refractivity (Wildman–Crippen MR) is 80.3 cm³/mol. The SMILES string of the molecule is CC(O)CC(C)CNC(=O)c1cc(Br)cn1C(C)C. The van der Waals surface area contributed by atoms with Gasteiger partial charge in [-0.15, -0.1) is 0 Å². The molecule has 0 aliphatic rings. The third kappa shape index (κ3) is 4.99. The number of nitrogens with one attached hydrogen (secondary N) is 1. The summed E-state index contributed by atoms with van der Waals surface area (Å²) in [5.41, 5.74) is 0.658. The molecule has 1 rings (SSSR count). The minimum absolute atomic E-state index is 0.0724. The van der Waals surface area contributed by atoms with Crippen LogP contribution in [0, 0.1) is 5.92 Å². The van der Waals surface area contributed by atoms with Gasteiger partial charge in [-0.3, -0.25) is 4.79 Å². The van der Waals surface area contributed by atoms with Crippen molar-refractivity contribution in [3.63, 3.8) is 0 Å². The van der Waals surface area contributed by atoms with Gasteiger partial charge in [0.1, 0.15) is 5.69 Å². The maximum atomic E-state index is 12.2. The van der Waals surface area contributed by atoms with Crippen LogP contribution in [-0.4, -0.2) is 28.2 Å². The highest BCUT2D eigenvalue weighted by atomic mass is 79.9. The van der Waals surface area contributed by atoms with Gasteiger partial charge in [0, 0.05) is 23.3 Å². The van der Waals surface area contributed by atoms with Gasteiger partial charge >= 0.3 is 0 Å². The molecule has 1 heterocycles. The average Bonchev–Trinajstić information content (AvgIpc) is 2.67. The van der Waals surface area contributed by atoms with Gasteiger partial charge in [0.25, 0.3) is 5.91 Å². The van der Waals surface area contributed by atoms with Gasteiger partial charge in [-0.05, 0) is 55.1 Å². The number of halogens is 1. The molecular weight excluding hydrogens is 308 g/mol. The van der Waals surface area contributed by atoms with Gasteiger partial charge in [-0.2, -0.15) is 0 Å². The highest BCUT2D eigenvalue weighted by Gasteiger charge is 2.15. The fourth-order valence-electron chi connectivity index (χ4n) is 2.08. The summed E-state index contributed by atoms with van der Waals surface area (Å²) in [7, 11) is 0. The van der Waals surface area contributed by atoms with Crippen molar-refractivity contribution in [1.29, 1.82) is 0 Å². The van der Waals surface area contributed by atoms with E-state index in [0.717, 1.165) is 4.47 Å². The second kappa shape index (κ2) is 7.10. The molecular formula is C14H23BrN2O2. The molecule has 1 aromatic heterocycles. The molecule has 108 valence electrons. The third-order valence-electron chi connectivity index (χ3n) is 2.96. The van der Waals surface area contributed by atoms with Crippen LogP contribution in [0.3, 0.4) is 0 Å². The van der Waals surface area contributed by atoms with Gasteiger partial charge in [-0.1, -0.05) is 6.92 Å². The van der Waals surface area contributed by atoms with Crippen LogP contribution in [0.4, 0.5) is 0 Å². The van der Waals surface area contributed by atoms with Crippen molar-refractivity contribution in [1.82, 2.24) is 9.88 Å². The minimum Gasteiger partial charge on any atom is -0.393 e. The van der Waals surface area contributed by atoms with Crippen molar-refractivity contribution in [3.8, 4) is 0 Å². The molecule has 19 heavy (non-hydrogen) atoms. The average molecular weight is 331 g/mol. The number of nitrogens with zero attached hydrogens (tertiary/aromatic N) is 1. The van der Waals surface area contributed by atoms with E-state index in [-0.39, 0.29) is 24.0 Å². The summed E-state index contributed by atoms with van der Waals surface area (Å²) >= 11 is 3.40. The predicted octanol–water partition coefficient (Wildman–Crippen LogP) is 2.97. The molecule has 0 fully saturated rings.